The molecule has 0 aliphatic heterocycles. The van der Waals surface area contributed by atoms with E-state index in [0.29, 0.717) is 17.5 Å². The normalized spacial score (nSPS) is 19.4. The fourth-order valence-corrected chi connectivity index (χ4v) is 4.15. The molecule has 152 valence electrons. The third-order valence-electron chi connectivity index (χ3n) is 5.92. The van der Waals surface area contributed by atoms with Crippen LogP contribution in [-0.4, -0.2) is 32.8 Å². The molecular weight excluding hydrogens is 366 g/mol. The molecule has 1 aliphatic carbocycles. The summed E-state index contributed by atoms with van der Waals surface area (Å²) in [6, 6.07) is 5.87. The summed E-state index contributed by atoms with van der Waals surface area (Å²) in [4.78, 5) is 20.4. The molecule has 2 aromatic heterocycles. The Morgan fingerprint density at radius 2 is 1.90 bits per heavy atom. The quantitative estimate of drug-likeness (QED) is 0.691. The number of rotatable bonds is 5. The van der Waals surface area contributed by atoms with E-state index in [1.807, 2.05) is 12.1 Å². The van der Waals surface area contributed by atoms with E-state index < -0.39 is 0 Å². The Kier molecular flexibility index (Phi) is 5.47. The summed E-state index contributed by atoms with van der Waals surface area (Å²) in [6.07, 6.45) is 9.97. The highest BCUT2D eigenvalue weighted by Gasteiger charge is 2.25. The van der Waals surface area contributed by atoms with Crippen LogP contribution in [0.3, 0.4) is 0 Å². The molecule has 1 amide bonds. The molecule has 2 heterocycles. The number of benzene rings is 1. The standard InChI is InChI=1S/C22H27N5O2/c1-14(2)15-5-7-17(8-6-15)27-13-16-11-19(20(29-3)12-18(16)26-27)25-22(28)21-23-9-4-10-24-21/h4,9-15,17H,5-8H2,1-3H3,(H,25,28)/t15-,17-. The first kappa shape index (κ1) is 19.4. The Hall–Kier alpha value is -2.96. The Morgan fingerprint density at radius 3 is 2.55 bits per heavy atom. The molecule has 0 bridgehead atoms. The molecule has 3 aromatic rings. The van der Waals surface area contributed by atoms with Gasteiger partial charge >= 0.3 is 0 Å². The number of hydrogen-bond donors (Lipinski definition) is 1. The summed E-state index contributed by atoms with van der Waals surface area (Å²) in [5.74, 6) is 1.88. The van der Waals surface area contributed by atoms with Crippen molar-refractivity contribution in [1.29, 1.82) is 0 Å². The van der Waals surface area contributed by atoms with Crippen molar-refractivity contribution in [3.63, 3.8) is 0 Å². The molecule has 29 heavy (non-hydrogen) atoms. The van der Waals surface area contributed by atoms with Gasteiger partial charge in [0.15, 0.2) is 0 Å². The smallest absolute Gasteiger partial charge is 0.293 e. The van der Waals surface area contributed by atoms with Crippen LogP contribution in [-0.2, 0) is 0 Å². The monoisotopic (exact) mass is 393 g/mol. The number of carbonyl (C=O) groups is 1. The molecule has 4 rings (SSSR count). The number of anilines is 1. The predicted octanol–water partition coefficient (Wildman–Crippen LogP) is 4.47. The summed E-state index contributed by atoms with van der Waals surface area (Å²) in [6.45, 7) is 4.63. The minimum atomic E-state index is -0.373. The number of methoxy groups -OCH3 is 1. The van der Waals surface area contributed by atoms with Crippen molar-refractivity contribution in [3.05, 3.63) is 42.6 Å². The van der Waals surface area contributed by atoms with Crippen molar-refractivity contribution in [2.24, 2.45) is 11.8 Å². The highest BCUT2D eigenvalue weighted by molar-refractivity contribution is 6.03. The zero-order valence-electron chi connectivity index (χ0n) is 17.1. The average molecular weight is 393 g/mol. The van der Waals surface area contributed by atoms with Gasteiger partial charge in [0.2, 0.25) is 5.82 Å². The molecule has 1 fully saturated rings. The number of ether oxygens (including phenoxy) is 1. The molecular formula is C22H27N5O2. The number of amides is 1. The fourth-order valence-electron chi connectivity index (χ4n) is 4.15. The van der Waals surface area contributed by atoms with E-state index in [2.05, 4.69) is 40.0 Å². The lowest BCUT2D eigenvalue weighted by Gasteiger charge is -2.30. The molecule has 0 spiro atoms. The summed E-state index contributed by atoms with van der Waals surface area (Å²) in [5.41, 5.74) is 1.45. The molecule has 1 N–H and O–H groups in total. The second kappa shape index (κ2) is 8.19. The van der Waals surface area contributed by atoms with E-state index >= 15 is 0 Å². The van der Waals surface area contributed by atoms with E-state index in [4.69, 9.17) is 9.84 Å². The Bertz CT molecular complexity index is 991. The van der Waals surface area contributed by atoms with Crippen LogP contribution in [0.15, 0.2) is 36.8 Å². The van der Waals surface area contributed by atoms with E-state index in [1.165, 1.54) is 12.8 Å². The van der Waals surface area contributed by atoms with Crippen molar-refractivity contribution in [3.8, 4) is 5.75 Å². The van der Waals surface area contributed by atoms with Crippen LogP contribution < -0.4 is 10.1 Å². The summed E-state index contributed by atoms with van der Waals surface area (Å²) < 4.78 is 7.57. The maximum atomic E-state index is 12.4. The van der Waals surface area contributed by atoms with E-state index in [1.54, 1.807) is 25.6 Å². The minimum absolute atomic E-state index is 0.118. The van der Waals surface area contributed by atoms with Crippen LogP contribution in [0.25, 0.3) is 10.9 Å². The van der Waals surface area contributed by atoms with Crippen LogP contribution in [0.5, 0.6) is 5.75 Å². The third-order valence-corrected chi connectivity index (χ3v) is 5.92. The molecule has 7 heteroatoms. The first-order valence-corrected chi connectivity index (χ1v) is 10.2. The number of nitrogens with one attached hydrogen (secondary N) is 1. The van der Waals surface area contributed by atoms with Gasteiger partial charge in [-0.05, 0) is 49.7 Å². The second-order valence-corrected chi connectivity index (χ2v) is 8.06. The van der Waals surface area contributed by atoms with Crippen LogP contribution >= 0.6 is 0 Å². The lowest BCUT2D eigenvalue weighted by molar-refractivity contribution is 0.101. The lowest BCUT2D eigenvalue weighted by atomic mass is 9.80. The highest BCUT2D eigenvalue weighted by Crippen LogP contribution is 2.37. The Balaban J connectivity index is 1.57. The van der Waals surface area contributed by atoms with Gasteiger partial charge in [-0.3, -0.25) is 9.48 Å². The topological polar surface area (TPSA) is 81.9 Å². The Morgan fingerprint density at radius 1 is 1.17 bits per heavy atom. The van der Waals surface area contributed by atoms with E-state index in [9.17, 15) is 4.79 Å². The minimum Gasteiger partial charge on any atom is -0.494 e. The molecule has 7 nitrogen and oxygen atoms in total. The van der Waals surface area contributed by atoms with Gasteiger partial charge in [0, 0.05) is 30.0 Å². The van der Waals surface area contributed by atoms with Crippen molar-refractivity contribution < 1.29 is 9.53 Å². The van der Waals surface area contributed by atoms with Crippen molar-refractivity contribution in [1.82, 2.24) is 19.7 Å². The zero-order chi connectivity index (χ0) is 20.4. The molecule has 1 aromatic carbocycles. The number of hydrogen-bond acceptors (Lipinski definition) is 5. The van der Waals surface area contributed by atoms with Crippen LogP contribution in [0.4, 0.5) is 5.69 Å². The zero-order valence-corrected chi connectivity index (χ0v) is 17.1. The summed E-state index contributed by atoms with van der Waals surface area (Å²) in [5, 5.41) is 8.62. The van der Waals surface area contributed by atoms with Gasteiger partial charge in [0.1, 0.15) is 5.75 Å². The summed E-state index contributed by atoms with van der Waals surface area (Å²) in [7, 11) is 1.58. The average Bonchev–Trinajstić information content (AvgIpc) is 3.16. The lowest BCUT2D eigenvalue weighted by Crippen LogP contribution is -2.21. The van der Waals surface area contributed by atoms with Crippen molar-refractivity contribution in [2.45, 2.75) is 45.6 Å². The number of nitrogens with zero attached hydrogens (tertiary/aromatic N) is 4. The largest absolute Gasteiger partial charge is 0.494 e. The van der Waals surface area contributed by atoms with E-state index in [-0.39, 0.29) is 11.7 Å². The SMILES string of the molecule is COc1cc2nn([C@H]3CC[C@H](C(C)C)CC3)cc2cc1NC(=O)c1ncccn1. The first-order valence-electron chi connectivity index (χ1n) is 10.2. The van der Waals surface area contributed by atoms with Crippen LogP contribution in [0.2, 0.25) is 0 Å². The number of aromatic nitrogens is 4. The maximum Gasteiger partial charge on any atom is 0.293 e. The van der Waals surface area contributed by atoms with Gasteiger partial charge in [-0.15, -0.1) is 0 Å². The first-order chi connectivity index (χ1) is 14.0. The summed E-state index contributed by atoms with van der Waals surface area (Å²) >= 11 is 0. The molecule has 1 saturated carbocycles. The van der Waals surface area contributed by atoms with Gasteiger partial charge in [0.05, 0.1) is 24.4 Å². The van der Waals surface area contributed by atoms with E-state index in [0.717, 1.165) is 35.6 Å². The van der Waals surface area contributed by atoms with Gasteiger partial charge in [-0.25, -0.2) is 9.97 Å². The van der Waals surface area contributed by atoms with Gasteiger partial charge < -0.3 is 10.1 Å². The van der Waals surface area contributed by atoms with Crippen LogP contribution in [0.1, 0.15) is 56.2 Å². The number of fused-ring (bicyclic) bond motifs is 1. The van der Waals surface area contributed by atoms with Gasteiger partial charge in [-0.2, -0.15) is 5.10 Å². The van der Waals surface area contributed by atoms with Crippen LogP contribution in [0, 0.1) is 11.8 Å². The molecule has 0 unspecified atom stereocenters. The van der Waals surface area contributed by atoms with Gasteiger partial charge in [-0.1, -0.05) is 13.8 Å². The third kappa shape index (κ3) is 4.09. The molecule has 0 saturated heterocycles. The molecule has 0 radical (unpaired) electrons. The molecule has 1 aliphatic rings. The highest BCUT2D eigenvalue weighted by atomic mass is 16.5. The fraction of sp³-hybridized carbons (Fsp3) is 0.455. The maximum absolute atomic E-state index is 12.4. The van der Waals surface area contributed by atoms with Crippen molar-refractivity contribution >= 4 is 22.5 Å². The Labute approximate surface area is 170 Å². The predicted molar refractivity (Wildman–Crippen MR) is 112 cm³/mol. The second-order valence-electron chi connectivity index (χ2n) is 8.06. The van der Waals surface area contributed by atoms with Gasteiger partial charge in [0.25, 0.3) is 5.91 Å². The van der Waals surface area contributed by atoms with Crippen molar-refractivity contribution in [2.75, 3.05) is 12.4 Å². The molecule has 0 atom stereocenters. The number of carbonyl (C=O) groups excluding carboxylic acids is 1.